The summed E-state index contributed by atoms with van der Waals surface area (Å²) in [5.74, 6) is -2.17. The molecule has 0 radical (unpaired) electrons. The number of carbonyl (C=O) groups excluding carboxylic acids is 4. The Balaban J connectivity index is 1.87. The van der Waals surface area contributed by atoms with E-state index in [0.29, 0.717) is 17.7 Å². The number of nitrogens with zero attached hydrogens (tertiary/aromatic N) is 1. The van der Waals surface area contributed by atoms with E-state index in [1.54, 1.807) is 24.3 Å². The van der Waals surface area contributed by atoms with Gasteiger partial charge in [-0.1, -0.05) is 31.5 Å². The molecule has 1 aromatic carbocycles. The van der Waals surface area contributed by atoms with Crippen LogP contribution in [0.15, 0.2) is 24.3 Å². The van der Waals surface area contributed by atoms with Crippen molar-refractivity contribution < 1.29 is 23.9 Å². The average Bonchev–Trinajstić information content (AvgIpc) is 2.57. The lowest BCUT2D eigenvalue weighted by molar-refractivity contribution is -0.151. The second-order valence-corrected chi connectivity index (χ2v) is 5.48. The number of imide groups is 1. The summed E-state index contributed by atoms with van der Waals surface area (Å²) in [4.78, 5) is 48.5. The molecule has 0 fully saturated rings. The summed E-state index contributed by atoms with van der Waals surface area (Å²) in [5, 5.41) is 2.61. The smallest absolute Gasteiger partial charge is 0.326 e. The first-order valence-corrected chi connectivity index (χ1v) is 7.87. The van der Waals surface area contributed by atoms with Gasteiger partial charge in [0.2, 0.25) is 5.91 Å². The molecule has 0 aromatic heterocycles. The van der Waals surface area contributed by atoms with Gasteiger partial charge in [-0.3, -0.25) is 24.1 Å². The number of nitrogens with one attached hydrogen (secondary N) is 1. The van der Waals surface area contributed by atoms with Gasteiger partial charge in [0.05, 0.1) is 6.42 Å². The van der Waals surface area contributed by atoms with Gasteiger partial charge in [-0.15, -0.1) is 0 Å². The Morgan fingerprint density at radius 2 is 2.00 bits per heavy atom. The molecule has 1 heterocycles. The van der Waals surface area contributed by atoms with Crippen LogP contribution in [-0.2, 0) is 25.5 Å². The fourth-order valence-electron chi connectivity index (χ4n) is 2.34. The van der Waals surface area contributed by atoms with Crippen molar-refractivity contribution in [3.63, 3.8) is 0 Å². The molecule has 1 aliphatic heterocycles. The van der Waals surface area contributed by atoms with Gasteiger partial charge in [-0.05, 0) is 18.1 Å². The van der Waals surface area contributed by atoms with Crippen LogP contribution in [0, 0.1) is 0 Å². The van der Waals surface area contributed by atoms with E-state index >= 15 is 0 Å². The SMILES string of the molecule is CCCCNC(=O)COC(=O)CN1C(=O)Cc2ccccc2C1=O. The Labute approximate surface area is 140 Å². The van der Waals surface area contributed by atoms with E-state index in [-0.39, 0.29) is 6.42 Å². The Bertz CT molecular complexity index is 656. The molecule has 1 N–H and O–H groups in total. The molecule has 0 aliphatic carbocycles. The molecule has 3 amide bonds. The Morgan fingerprint density at radius 3 is 2.75 bits per heavy atom. The average molecular weight is 332 g/mol. The molecule has 0 saturated carbocycles. The molecule has 1 aromatic rings. The number of hydrogen-bond acceptors (Lipinski definition) is 5. The minimum absolute atomic E-state index is 0.0622. The third-order valence-electron chi connectivity index (χ3n) is 3.64. The highest BCUT2D eigenvalue weighted by atomic mass is 16.5. The predicted octanol–water partition coefficient (Wildman–Crippen LogP) is 0.671. The van der Waals surface area contributed by atoms with Gasteiger partial charge >= 0.3 is 5.97 Å². The van der Waals surface area contributed by atoms with Crippen LogP contribution < -0.4 is 5.32 Å². The summed E-state index contributed by atoms with van der Waals surface area (Å²) in [6.07, 6.45) is 1.85. The number of unbranched alkanes of at least 4 members (excludes halogenated alkanes) is 1. The van der Waals surface area contributed by atoms with Crippen molar-refractivity contribution in [2.45, 2.75) is 26.2 Å². The number of fused-ring (bicyclic) bond motifs is 1. The highest BCUT2D eigenvalue weighted by molar-refractivity contribution is 6.11. The van der Waals surface area contributed by atoms with Crippen LogP contribution in [0.25, 0.3) is 0 Å². The molecule has 0 atom stereocenters. The lowest BCUT2D eigenvalue weighted by Crippen LogP contribution is -2.45. The zero-order valence-corrected chi connectivity index (χ0v) is 13.5. The minimum Gasteiger partial charge on any atom is -0.454 e. The maximum absolute atomic E-state index is 12.3. The standard InChI is InChI=1S/C17H20N2O5/c1-2-3-8-18-14(20)11-24-16(22)10-19-15(21)9-12-6-4-5-7-13(12)17(19)23/h4-7H,2-3,8-11H2,1H3,(H,18,20). The molecule has 24 heavy (non-hydrogen) atoms. The number of esters is 1. The minimum atomic E-state index is -0.790. The Morgan fingerprint density at radius 1 is 1.25 bits per heavy atom. The van der Waals surface area contributed by atoms with E-state index in [0.717, 1.165) is 17.7 Å². The first-order valence-electron chi connectivity index (χ1n) is 7.87. The fraction of sp³-hybridized carbons (Fsp3) is 0.412. The molecule has 0 unspecified atom stereocenters. The van der Waals surface area contributed by atoms with E-state index in [4.69, 9.17) is 4.74 Å². The second-order valence-electron chi connectivity index (χ2n) is 5.48. The maximum atomic E-state index is 12.3. The molecule has 0 bridgehead atoms. The third-order valence-corrected chi connectivity index (χ3v) is 3.64. The van der Waals surface area contributed by atoms with Crippen LogP contribution in [0.1, 0.15) is 35.7 Å². The summed E-state index contributed by atoms with van der Waals surface area (Å²) < 4.78 is 4.82. The first-order chi connectivity index (χ1) is 11.5. The Kier molecular flexibility index (Phi) is 6.06. The zero-order valence-electron chi connectivity index (χ0n) is 13.5. The van der Waals surface area contributed by atoms with Crippen molar-refractivity contribution in [3.8, 4) is 0 Å². The lowest BCUT2D eigenvalue weighted by atomic mass is 9.98. The van der Waals surface area contributed by atoms with Crippen molar-refractivity contribution in [1.82, 2.24) is 10.2 Å². The van der Waals surface area contributed by atoms with E-state index in [9.17, 15) is 19.2 Å². The van der Waals surface area contributed by atoms with Gasteiger partial charge in [-0.25, -0.2) is 0 Å². The number of amides is 3. The summed E-state index contributed by atoms with van der Waals surface area (Å²) >= 11 is 0. The molecule has 1 aliphatic rings. The quantitative estimate of drug-likeness (QED) is 0.450. The number of hydrogen-bond donors (Lipinski definition) is 1. The lowest BCUT2D eigenvalue weighted by Gasteiger charge is -2.25. The first kappa shape index (κ1) is 17.7. The summed E-state index contributed by atoms with van der Waals surface area (Å²) in [6.45, 7) is 1.60. The van der Waals surface area contributed by atoms with E-state index in [1.807, 2.05) is 6.92 Å². The fourth-order valence-corrected chi connectivity index (χ4v) is 2.34. The van der Waals surface area contributed by atoms with Crippen molar-refractivity contribution in [1.29, 1.82) is 0 Å². The van der Waals surface area contributed by atoms with Crippen LogP contribution in [-0.4, -0.2) is 48.3 Å². The van der Waals surface area contributed by atoms with Crippen LogP contribution in [0.4, 0.5) is 0 Å². The van der Waals surface area contributed by atoms with Crippen molar-refractivity contribution in [3.05, 3.63) is 35.4 Å². The monoisotopic (exact) mass is 332 g/mol. The van der Waals surface area contributed by atoms with Gasteiger partial charge in [0.1, 0.15) is 6.54 Å². The number of rotatable bonds is 7. The molecule has 128 valence electrons. The molecule has 2 rings (SSSR count). The van der Waals surface area contributed by atoms with Gasteiger partial charge in [0.15, 0.2) is 6.61 Å². The van der Waals surface area contributed by atoms with E-state index < -0.39 is 36.8 Å². The predicted molar refractivity (Wildman–Crippen MR) is 85.1 cm³/mol. The molecule has 7 nitrogen and oxygen atoms in total. The van der Waals surface area contributed by atoms with Gasteiger partial charge in [-0.2, -0.15) is 0 Å². The van der Waals surface area contributed by atoms with Crippen molar-refractivity contribution in [2.75, 3.05) is 19.7 Å². The maximum Gasteiger partial charge on any atom is 0.326 e. The van der Waals surface area contributed by atoms with Crippen molar-refractivity contribution >= 4 is 23.7 Å². The molecule has 0 spiro atoms. The number of carbonyl (C=O) groups is 4. The summed E-state index contributed by atoms with van der Waals surface area (Å²) in [7, 11) is 0. The van der Waals surface area contributed by atoms with Crippen LogP contribution in [0.5, 0.6) is 0 Å². The second kappa shape index (κ2) is 8.24. The third kappa shape index (κ3) is 4.41. The molecular weight excluding hydrogens is 312 g/mol. The van der Waals surface area contributed by atoms with Crippen LogP contribution >= 0.6 is 0 Å². The van der Waals surface area contributed by atoms with E-state index in [2.05, 4.69) is 5.32 Å². The summed E-state index contributed by atoms with van der Waals surface area (Å²) in [6, 6.07) is 6.77. The van der Waals surface area contributed by atoms with Crippen LogP contribution in [0.3, 0.4) is 0 Å². The highest BCUT2D eigenvalue weighted by Crippen LogP contribution is 2.19. The Hall–Kier alpha value is -2.70. The largest absolute Gasteiger partial charge is 0.454 e. The van der Waals surface area contributed by atoms with Gasteiger partial charge in [0, 0.05) is 12.1 Å². The molecule has 7 heteroatoms. The highest BCUT2D eigenvalue weighted by Gasteiger charge is 2.32. The van der Waals surface area contributed by atoms with Crippen molar-refractivity contribution in [2.24, 2.45) is 0 Å². The molecular formula is C17H20N2O5. The number of ether oxygens (including phenoxy) is 1. The van der Waals surface area contributed by atoms with Gasteiger partial charge in [0.25, 0.3) is 11.8 Å². The topological polar surface area (TPSA) is 92.8 Å². The zero-order chi connectivity index (χ0) is 17.5. The number of benzene rings is 1. The van der Waals surface area contributed by atoms with Gasteiger partial charge < -0.3 is 10.1 Å². The van der Waals surface area contributed by atoms with Crippen LogP contribution in [0.2, 0.25) is 0 Å². The summed E-state index contributed by atoms with van der Waals surface area (Å²) in [5.41, 5.74) is 1.05. The molecule has 0 saturated heterocycles. The normalized spacial score (nSPS) is 13.5. The van der Waals surface area contributed by atoms with E-state index in [1.165, 1.54) is 0 Å².